The average Bonchev–Trinajstić information content (AvgIpc) is 2.86. The van der Waals surface area contributed by atoms with E-state index in [0.717, 1.165) is 15.7 Å². The van der Waals surface area contributed by atoms with Gasteiger partial charge in [0.15, 0.2) is 0 Å². The Balaban J connectivity index is 2.14. The van der Waals surface area contributed by atoms with Crippen LogP contribution >= 0.6 is 15.9 Å². The highest BCUT2D eigenvalue weighted by Crippen LogP contribution is 2.24. The number of amides is 1. The van der Waals surface area contributed by atoms with E-state index >= 15 is 0 Å². The zero-order valence-electron chi connectivity index (χ0n) is 10.2. The van der Waals surface area contributed by atoms with E-state index in [2.05, 4.69) is 26.3 Å². The van der Waals surface area contributed by atoms with Crippen LogP contribution in [0.4, 0.5) is 5.69 Å². The van der Waals surface area contributed by atoms with E-state index in [0.29, 0.717) is 0 Å². The topological polar surface area (TPSA) is 46.9 Å². The molecule has 18 heavy (non-hydrogen) atoms. The van der Waals surface area contributed by atoms with E-state index in [-0.39, 0.29) is 11.9 Å². The van der Waals surface area contributed by atoms with Gasteiger partial charge in [0.25, 0.3) is 0 Å². The number of hydrogen-bond acceptors (Lipinski definition) is 2. The lowest BCUT2D eigenvalue weighted by Crippen LogP contribution is -2.24. The zero-order chi connectivity index (χ0) is 13.1. The summed E-state index contributed by atoms with van der Waals surface area (Å²) in [4.78, 5) is 12.1. The van der Waals surface area contributed by atoms with Gasteiger partial charge < -0.3 is 5.32 Å². The van der Waals surface area contributed by atoms with Gasteiger partial charge >= 0.3 is 0 Å². The summed E-state index contributed by atoms with van der Waals surface area (Å²) in [6.45, 7) is 3.80. The van der Waals surface area contributed by atoms with Gasteiger partial charge in [-0.15, -0.1) is 0 Å². The first-order valence-electron chi connectivity index (χ1n) is 5.64. The zero-order valence-corrected chi connectivity index (χ0v) is 11.8. The minimum atomic E-state index is -0.340. The van der Waals surface area contributed by atoms with Gasteiger partial charge in [-0.05, 0) is 53.5 Å². The molecule has 0 radical (unpaired) electrons. The van der Waals surface area contributed by atoms with E-state index in [4.69, 9.17) is 0 Å². The predicted octanol–water partition coefficient (Wildman–Crippen LogP) is 3.15. The molecule has 1 aromatic heterocycles. The smallest absolute Gasteiger partial charge is 0.248 e. The minimum absolute atomic E-state index is 0.0926. The Kier molecular flexibility index (Phi) is 3.81. The molecule has 2 rings (SSSR count). The fraction of sp³-hybridized carbons (Fsp3) is 0.231. The molecule has 0 aliphatic rings. The van der Waals surface area contributed by atoms with Crippen molar-refractivity contribution >= 4 is 27.5 Å². The van der Waals surface area contributed by atoms with Gasteiger partial charge in [-0.3, -0.25) is 9.48 Å². The standard InChI is InChI=1S/C13H14BrN3O/c1-9-4-5-11(14)12(8-9)16-13(18)10(2)17-7-3-6-15-17/h3-8,10H,1-2H3,(H,16,18). The summed E-state index contributed by atoms with van der Waals surface area (Å²) in [5.41, 5.74) is 1.87. The van der Waals surface area contributed by atoms with Crippen molar-refractivity contribution in [2.24, 2.45) is 0 Å². The van der Waals surface area contributed by atoms with Gasteiger partial charge in [0, 0.05) is 16.9 Å². The number of halogens is 1. The highest BCUT2D eigenvalue weighted by molar-refractivity contribution is 9.10. The largest absolute Gasteiger partial charge is 0.323 e. The van der Waals surface area contributed by atoms with Crippen LogP contribution in [0.5, 0.6) is 0 Å². The van der Waals surface area contributed by atoms with E-state index < -0.39 is 0 Å². The Labute approximate surface area is 114 Å². The number of nitrogens with one attached hydrogen (secondary N) is 1. The van der Waals surface area contributed by atoms with Crippen LogP contribution in [0.25, 0.3) is 0 Å². The highest BCUT2D eigenvalue weighted by Gasteiger charge is 2.15. The van der Waals surface area contributed by atoms with Crippen LogP contribution in [0.2, 0.25) is 0 Å². The molecule has 0 spiro atoms. The molecule has 0 aliphatic heterocycles. The van der Waals surface area contributed by atoms with Crippen LogP contribution in [-0.2, 0) is 4.79 Å². The number of benzene rings is 1. The summed E-state index contributed by atoms with van der Waals surface area (Å²) < 4.78 is 2.49. The Morgan fingerprint density at radius 2 is 2.28 bits per heavy atom. The lowest BCUT2D eigenvalue weighted by molar-refractivity contribution is -0.119. The van der Waals surface area contributed by atoms with Crippen molar-refractivity contribution < 1.29 is 4.79 Å². The minimum Gasteiger partial charge on any atom is -0.323 e. The third kappa shape index (κ3) is 2.79. The molecule has 1 atom stereocenters. The molecule has 4 nitrogen and oxygen atoms in total. The van der Waals surface area contributed by atoms with E-state index in [1.807, 2.05) is 32.0 Å². The summed E-state index contributed by atoms with van der Waals surface area (Å²) in [7, 11) is 0. The maximum Gasteiger partial charge on any atom is 0.248 e. The third-order valence-corrected chi connectivity index (χ3v) is 3.37. The van der Waals surface area contributed by atoms with Crippen molar-refractivity contribution in [2.45, 2.75) is 19.9 Å². The van der Waals surface area contributed by atoms with Gasteiger partial charge in [-0.1, -0.05) is 6.07 Å². The number of carbonyl (C=O) groups excluding carboxylic acids is 1. The Morgan fingerprint density at radius 1 is 1.50 bits per heavy atom. The monoisotopic (exact) mass is 307 g/mol. The predicted molar refractivity (Wildman–Crippen MR) is 74.4 cm³/mol. The van der Waals surface area contributed by atoms with Crippen molar-refractivity contribution in [1.29, 1.82) is 0 Å². The molecule has 1 amide bonds. The van der Waals surface area contributed by atoms with Gasteiger partial charge in [-0.2, -0.15) is 5.10 Å². The average molecular weight is 308 g/mol. The molecule has 2 aromatic rings. The van der Waals surface area contributed by atoms with Crippen LogP contribution in [0.1, 0.15) is 18.5 Å². The van der Waals surface area contributed by atoms with Crippen molar-refractivity contribution in [1.82, 2.24) is 9.78 Å². The molecule has 1 N–H and O–H groups in total. The van der Waals surface area contributed by atoms with E-state index in [1.54, 1.807) is 23.1 Å². The summed E-state index contributed by atoms with van der Waals surface area (Å²) in [6, 6.07) is 7.29. The Bertz CT molecular complexity index is 551. The maximum absolute atomic E-state index is 12.1. The second-order valence-corrected chi connectivity index (χ2v) is 4.99. The summed E-state index contributed by atoms with van der Waals surface area (Å²) in [6.07, 6.45) is 3.43. The SMILES string of the molecule is Cc1ccc(Br)c(NC(=O)C(C)n2cccn2)c1. The first-order valence-corrected chi connectivity index (χ1v) is 6.43. The molecule has 0 saturated carbocycles. The number of hydrogen-bond donors (Lipinski definition) is 1. The fourth-order valence-corrected chi connectivity index (χ4v) is 1.95. The van der Waals surface area contributed by atoms with E-state index in [9.17, 15) is 4.79 Å². The normalized spacial score (nSPS) is 12.2. The lowest BCUT2D eigenvalue weighted by atomic mass is 10.2. The van der Waals surface area contributed by atoms with E-state index in [1.165, 1.54) is 0 Å². The van der Waals surface area contributed by atoms with Crippen molar-refractivity contribution in [3.05, 3.63) is 46.7 Å². The first-order chi connectivity index (χ1) is 8.58. The van der Waals surface area contributed by atoms with Crippen LogP contribution in [0.15, 0.2) is 41.1 Å². The molecule has 1 aromatic carbocycles. The number of anilines is 1. The van der Waals surface area contributed by atoms with Crippen molar-refractivity contribution in [3.8, 4) is 0 Å². The lowest BCUT2D eigenvalue weighted by Gasteiger charge is -2.14. The molecule has 94 valence electrons. The first kappa shape index (κ1) is 12.8. The van der Waals surface area contributed by atoms with Gasteiger partial charge in [0.1, 0.15) is 6.04 Å². The van der Waals surface area contributed by atoms with Gasteiger partial charge in [0.2, 0.25) is 5.91 Å². The fourth-order valence-electron chi connectivity index (χ4n) is 1.60. The number of nitrogens with zero attached hydrogens (tertiary/aromatic N) is 2. The number of aromatic nitrogens is 2. The Morgan fingerprint density at radius 3 is 2.94 bits per heavy atom. The molecule has 0 fully saturated rings. The molecular formula is C13H14BrN3O. The van der Waals surface area contributed by atoms with Crippen LogP contribution in [-0.4, -0.2) is 15.7 Å². The third-order valence-electron chi connectivity index (χ3n) is 2.68. The summed E-state index contributed by atoms with van der Waals surface area (Å²) in [5, 5.41) is 6.96. The highest BCUT2D eigenvalue weighted by atomic mass is 79.9. The van der Waals surface area contributed by atoms with Gasteiger partial charge in [-0.25, -0.2) is 0 Å². The molecule has 0 bridgehead atoms. The molecule has 5 heteroatoms. The second-order valence-electron chi connectivity index (χ2n) is 4.13. The molecule has 0 aliphatic carbocycles. The molecule has 1 unspecified atom stereocenters. The quantitative estimate of drug-likeness (QED) is 0.947. The second kappa shape index (κ2) is 5.35. The number of rotatable bonds is 3. The van der Waals surface area contributed by atoms with Crippen molar-refractivity contribution in [3.63, 3.8) is 0 Å². The summed E-state index contributed by atoms with van der Waals surface area (Å²) >= 11 is 3.42. The van der Waals surface area contributed by atoms with Crippen LogP contribution < -0.4 is 5.32 Å². The number of carbonyl (C=O) groups is 1. The molecule has 0 saturated heterocycles. The molecular weight excluding hydrogens is 294 g/mol. The number of aryl methyl sites for hydroxylation is 1. The van der Waals surface area contributed by atoms with Crippen molar-refractivity contribution in [2.75, 3.05) is 5.32 Å². The summed E-state index contributed by atoms with van der Waals surface area (Å²) in [5.74, 6) is -0.0926. The maximum atomic E-state index is 12.1. The Hall–Kier alpha value is -1.62. The van der Waals surface area contributed by atoms with Crippen LogP contribution in [0, 0.1) is 6.92 Å². The van der Waals surface area contributed by atoms with Gasteiger partial charge in [0.05, 0.1) is 5.69 Å². The molecule has 1 heterocycles. The van der Waals surface area contributed by atoms with Crippen LogP contribution in [0.3, 0.4) is 0 Å².